The number of hydrogen-bond acceptors (Lipinski definition) is 5. The lowest BCUT2D eigenvalue weighted by atomic mass is 9.90. The predicted molar refractivity (Wildman–Crippen MR) is 107 cm³/mol. The second-order valence-electron chi connectivity index (χ2n) is 7.35. The molecule has 31 heavy (non-hydrogen) atoms. The van der Waals surface area contributed by atoms with Crippen LogP contribution in [0.4, 0.5) is 18.9 Å². The number of phenolic OH excluding ortho intramolecular Hbond substituents is 1. The number of hydroxylamine groups is 1. The lowest BCUT2D eigenvalue weighted by molar-refractivity contribution is -0.137. The monoisotopic (exact) mass is 427 g/mol. The standard InChI is InChI=1S/C22H16F3N3O3/c1-21(2)27-20(28-31-21)16-11-13(22(23,24)25)10-15(12-4-6-14(29)7-5-12)18(16)19-17(26-3)8-9-30-19/h4-11,29H,1-2H3,(H,27,28). The third kappa shape index (κ3) is 3.85. The summed E-state index contributed by atoms with van der Waals surface area (Å²) in [6.45, 7) is 10.7. The molecule has 158 valence electrons. The predicted octanol–water partition coefficient (Wildman–Crippen LogP) is 5.91. The van der Waals surface area contributed by atoms with E-state index < -0.39 is 17.5 Å². The van der Waals surface area contributed by atoms with Crippen LogP contribution in [0.5, 0.6) is 5.75 Å². The maximum absolute atomic E-state index is 13.8. The van der Waals surface area contributed by atoms with Crippen molar-refractivity contribution in [1.82, 2.24) is 5.48 Å². The Morgan fingerprint density at radius 3 is 2.35 bits per heavy atom. The van der Waals surface area contributed by atoms with E-state index >= 15 is 0 Å². The topological polar surface area (TPSA) is 71.4 Å². The quantitative estimate of drug-likeness (QED) is 0.510. The number of amidine groups is 1. The van der Waals surface area contributed by atoms with Gasteiger partial charge in [0.05, 0.1) is 18.4 Å². The van der Waals surface area contributed by atoms with Gasteiger partial charge in [-0.15, -0.1) is 0 Å². The van der Waals surface area contributed by atoms with Crippen LogP contribution in [0.25, 0.3) is 27.3 Å². The van der Waals surface area contributed by atoms with Gasteiger partial charge in [-0.3, -0.25) is 0 Å². The van der Waals surface area contributed by atoms with Crippen molar-refractivity contribution in [1.29, 1.82) is 0 Å². The molecule has 9 heteroatoms. The molecule has 1 aliphatic rings. The Morgan fingerprint density at radius 2 is 1.77 bits per heavy atom. The van der Waals surface area contributed by atoms with Crippen LogP contribution in [0.1, 0.15) is 25.0 Å². The van der Waals surface area contributed by atoms with Gasteiger partial charge >= 0.3 is 6.18 Å². The minimum Gasteiger partial charge on any atom is -0.508 e. The Hall–Kier alpha value is -3.77. The number of aromatic hydroxyl groups is 1. The molecule has 0 unspecified atom stereocenters. The zero-order valence-corrected chi connectivity index (χ0v) is 16.4. The van der Waals surface area contributed by atoms with E-state index in [1.54, 1.807) is 13.8 Å². The first-order valence-electron chi connectivity index (χ1n) is 9.13. The summed E-state index contributed by atoms with van der Waals surface area (Å²) in [5, 5.41) is 9.62. The molecule has 0 spiro atoms. The average Bonchev–Trinajstić information content (AvgIpc) is 3.32. The van der Waals surface area contributed by atoms with Gasteiger partial charge in [0.2, 0.25) is 5.69 Å². The molecular formula is C22H16F3N3O3. The van der Waals surface area contributed by atoms with Crippen molar-refractivity contribution in [2.24, 2.45) is 4.99 Å². The van der Waals surface area contributed by atoms with Gasteiger partial charge in [-0.05, 0) is 55.3 Å². The van der Waals surface area contributed by atoms with Crippen LogP contribution in [0.3, 0.4) is 0 Å². The molecule has 0 amide bonds. The molecule has 0 atom stereocenters. The fraction of sp³-hybridized carbons (Fsp3) is 0.182. The second-order valence-corrected chi connectivity index (χ2v) is 7.35. The van der Waals surface area contributed by atoms with Crippen molar-refractivity contribution in [3.05, 3.63) is 71.3 Å². The number of halogens is 3. The van der Waals surface area contributed by atoms with Crippen LogP contribution < -0.4 is 5.48 Å². The normalized spacial score (nSPS) is 15.3. The smallest absolute Gasteiger partial charge is 0.416 e. The highest BCUT2D eigenvalue weighted by atomic mass is 19.4. The number of benzene rings is 2. The lowest BCUT2D eigenvalue weighted by Crippen LogP contribution is -2.24. The molecule has 0 saturated heterocycles. The van der Waals surface area contributed by atoms with Crippen LogP contribution in [0.15, 0.2) is 58.1 Å². The zero-order valence-electron chi connectivity index (χ0n) is 16.4. The summed E-state index contributed by atoms with van der Waals surface area (Å²) in [4.78, 5) is 13.1. The summed E-state index contributed by atoms with van der Waals surface area (Å²) in [5.41, 5.74) is 1.72. The first-order valence-corrected chi connectivity index (χ1v) is 9.13. The van der Waals surface area contributed by atoms with Gasteiger partial charge in [0, 0.05) is 11.1 Å². The molecule has 1 aromatic heterocycles. The fourth-order valence-corrected chi connectivity index (χ4v) is 3.29. The summed E-state index contributed by atoms with van der Waals surface area (Å²) in [5.74, 6) is 0.156. The van der Waals surface area contributed by atoms with E-state index in [9.17, 15) is 18.3 Å². The maximum Gasteiger partial charge on any atom is 0.416 e. The van der Waals surface area contributed by atoms with Crippen LogP contribution in [-0.2, 0) is 11.0 Å². The van der Waals surface area contributed by atoms with Crippen molar-refractivity contribution in [2.75, 3.05) is 0 Å². The maximum atomic E-state index is 13.8. The summed E-state index contributed by atoms with van der Waals surface area (Å²) in [6.07, 6.45) is -3.34. The van der Waals surface area contributed by atoms with E-state index in [1.807, 2.05) is 0 Å². The first kappa shape index (κ1) is 20.5. The van der Waals surface area contributed by atoms with Gasteiger partial charge in [-0.2, -0.15) is 13.2 Å². The number of aliphatic imine (C=N–C) groups is 1. The minimum absolute atomic E-state index is 0.0330. The fourth-order valence-electron chi connectivity index (χ4n) is 3.29. The highest BCUT2D eigenvalue weighted by Crippen LogP contribution is 2.44. The van der Waals surface area contributed by atoms with Gasteiger partial charge in [0.15, 0.2) is 11.6 Å². The summed E-state index contributed by atoms with van der Waals surface area (Å²) in [7, 11) is 0. The van der Waals surface area contributed by atoms with E-state index in [1.165, 1.54) is 36.6 Å². The van der Waals surface area contributed by atoms with Crippen LogP contribution in [0.2, 0.25) is 0 Å². The van der Waals surface area contributed by atoms with Gasteiger partial charge in [0.1, 0.15) is 11.5 Å². The van der Waals surface area contributed by atoms with Crippen molar-refractivity contribution in [3.63, 3.8) is 0 Å². The first-order chi connectivity index (χ1) is 14.6. The van der Waals surface area contributed by atoms with Crippen LogP contribution >= 0.6 is 0 Å². The molecule has 0 saturated carbocycles. The Bertz CT molecular complexity index is 1220. The average molecular weight is 427 g/mol. The highest BCUT2D eigenvalue weighted by Gasteiger charge is 2.36. The van der Waals surface area contributed by atoms with E-state index in [-0.39, 0.29) is 39.7 Å². The third-order valence-electron chi connectivity index (χ3n) is 4.67. The number of alkyl halides is 3. The summed E-state index contributed by atoms with van der Waals surface area (Å²) >= 11 is 0. The van der Waals surface area contributed by atoms with E-state index in [4.69, 9.17) is 15.8 Å². The van der Waals surface area contributed by atoms with E-state index in [0.29, 0.717) is 5.56 Å². The number of hydrogen-bond donors (Lipinski definition) is 2. The van der Waals surface area contributed by atoms with Crippen molar-refractivity contribution < 1.29 is 27.5 Å². The molecule has 0 bridgehead atoms. The molecule has 2 heterocycles. The van der Waals surface area contributed by atoms with Crippen molar-refractivity contribution >= 4 is 11.5 Å². The largest absolute Gasteiger partial charge is 0.508 e. The SMILES string of the molecule is [C-]#[N+]c1ccoc1-c1c(C2=NC(C)(C)ON2)cc(C(F)(F)F)cc1-c1ccc(O)cc1. The number of nitrogens with zero attached hydrogens (tertiary/aromatic N) is 2. The van der Waals surface area contributed by atoms with Crippen LogP contribution in [0, 0.1) is 6.57 Å². The Labute approximate surface area is 175 Å². The van der Waals surface area contributed by atoms with Crippen molar-refractivity contribution in [3.8, 4) is 28.2 Å². The van der Waals surface area contributed by atoms with E-state index in [2.05, 4.69) is 15.3 Å². The molecule has 4 rings (SSSR count). The second kappa shape index (κ2) is 7.18. The molecule has 2 aromatic carbocycles. The molecule has 6 nitrogen and oxygen atoms in total. The van der Waals surface area contributed by atoms with Crippen molar-refractivity contribution in [2.45, 2.75) is 25.7 Å². The van der Waals surface area contributed by atoms with Gasteiger partial charge < -0.3 is 9.52 Å². The van der Waals surface area contributed by atoms with E-state index in [0.717, 1.165) is 12.1 Å². The summed E-state index contributed by atoms with van der Waals surface area (Å²) < 4.78 is 46.9. The minimum atomic E-state index is -4.64. The summed E-state index contributed by atoms with van der Waals surface area (Å²) in [6, 6.07) is 9.10. The zero-order chi connectivity index (χ0) is 22.4. The third-order valence-corrected chi connectivity index (χ3v) is 4.67. The van der Waals surface area contributed by atoms with Gasteiger partial charge in [0.25, 0.3) is 0 Å². The molecule has 0 aliphatic carbocycles. The van der Waals surface area contributed by atoms with Gasteiger partial charge in [-0.1, -0.05) is 12.1 Å². The van der Waals surface area contributed by atoms with Gasteiger partial charge in [-0.25, -0.2) is 20.2 Å². The Balaban J connectivity index is 2.11. The molecule has 1 aliphatic heterocycles. The number of nitrogens with one attached hydrogen (secondary N) is 1. The number of phenols is 1. The molecule has 2 N–H and O–H groups in total. The number of rotatable bonds is 3. The molecule has 3 aromatic rings. The molecule has 0 fully saturated rings. The number of furan rings is 1. The Kier molecular flexibility index (Phi) is 4.75. The highest BCUT2D eigenvalue weighted by molar-refractivity contribution is 6.08. The molecular weight excluding hydrogens is 411 g/mol. The Morgan fingerprint density at radius 1 is 1.10 bits per heavy atom. The van der Waals surface area contributed by atoms with Crippen LogP contribution in [-0.4, -0.2) is 16.7 Å². The molecule has 0 radical (unpaired) electrons. The lowest BCUT2D eigenvalue weighted by Gasteiger charge is -2.18.